The summed E-state index contributed by atoms with van der Waals surface area (Å²) in [5.74, 6) is 1.72. The molecule has 0 bridgehead atoms. The lowest BCUT2D eigenvalue weighted by Crippen LogP contribution is -2.59. The highest BCUT2D eigenvalue weighted by Gasteiger charge is 2.53. The average molecular weight is 596 g/mol. The molecule has 0 radical (unpaired) electrons. The Morgan fingerprint density at radius 3 is 1.96 bits per heavy atom. The number of hydrogen-bond donors (Lipinski definition) is 1. The van der Waals surface area contributed by atoms with E-state index in [4.69, 9.17) is 14.2 Å². The van der Waals surface area contributed by atoms with Gasteiger partial charge in [-0.2, -0.15) is 0 Å². The summed E-state index contributed by atoms with van der Waals surface area (Å²) in [6.07, 6.45) is -1.16. The summed E-state index contributed by atoms with van der Waals surface area (Å²) in [7, 11) is 0. The number of fused-ring (bicyclic) bond motifs is 11. The molecule has 1 saturated heterocycles. The first kappa shape index (κ1) is 26.8. The number of nitrogens with one attached hydrogen (secondary N) is 1. The van der Waals surface area contributed by atoms with Crippen LogP contribution in [0.1, 0.15) is 28.9 Å². The topological polar surface area (TPSA) is 80.3 Å². The number of alkyl carbamates (subject to hydrolysis) is 1. The molecule has 5 aromatic carbocycles. The van der Waals surface area contributed by atoms with Gasteiger partial charge in [0.25, 0.3) is 0 Å². The zero-order valence-corrected chi connectivity index (χ0v) is 24.2. The normalized spacial score (nSPS) is 19.0. The summed E-state index contributed by atoms with van der Waals surface area (Å²) in [5, 5.41) is 2.91. The van der Waals surface area contributed by atoms with Crippen LogP contribution in [0.3, 0.4) is 0 Å². The average Bonchev–Trinajstić information content (AvgIpc) is 3.32. The van der Waals surface area contributed by atoms with Crippen LogP contribution in [0.4, 0.5) is 16.2 Å². The van der Waals surface area contributed by atoms with Crippen molar-refractivity contribution in [1.29, 1.82) is 0 Å². The van der Waals surface area contributed by atoms with Crippen molar-refractivity contribution in [3.63, 3.8) is 0 Å². The summed E-state index contributed by atoms with van der Waals surface area (Å²) >= 11 is 0. The molecule has 0 aromatic heterocycles. The van der Waals surface area contributed by atoms with Gasteiger partial charge in [-0.25, -0.2) is 4.79 Å². The number of carbonyl (C=O) groups excluding carboxylic acids is 2. The Morgan fingerprint density at radius 1 is 0.667 bits per heavy atom. The predicted molar refractivity (Wildman–Crippen MR) is 169 cm³/mol. The van der Waals surface area contributed by atoms with Gasteiger partial charge in [0.1, 0.15) is 24.3 Å². The maximum absolute atomic E-state index is 15.0. The molecule has 8 nitrogen and oxygen atoms in total. The van der Waals surface area contributed by atoms with Gasteiger partial charge in [0.05, 0.1) is 23.3 Å². The van der Waals surface area contributed by atoms with Crippen LogP contribution in [0, 0.1) is 5.92 Å². The predicted octanol–water partition coefficient (Wildman–Crippen LogP) is 7.73. The third-order valence-corrected chi connectivity index (χ3v) is 8.57. The molecule has 3 aliphatic rings. The summed E-state index contributed by atoms with van der Waals surface area (Å²) in [6.45, 7) is 0.165. The number of carbonyl (C=O) groups is 2. The Labute approximate surface area is 260 Å². The molecule has 45 heavy (non-hydrogen) atoms. The Morgan fingerprint density at radius 2 is 1.22 bits per heavy atom. The second kappa shape index (κ2) is 11.1. The first-order chi connectivity index (χ1) is 22.2. The van der Waals surface area contributed by atoms with Gasteiger partial charge in [-0.05, 0) is 42.0 Å². The molecule has 3 aliphatic heterocycles. The fraction of sp³-hybridized carbons (Fsp3) is 0.135. The molecule has 5 aromatic rings. The zero-order chi connectivity index (χ0) is 30.3. The van der Waals surface area contributed by atoms with E-state index in [1.165, 1.54) is 0 Å². The third kappa shape index (κ3) is 4.62. The maximum Gasteiger partial charge on any atom is 0.407 e. The Hall–Kier alpha value is -5.76. The molecule has 1 fully saturated rings. The van der Waals surface area contributed by atoms with Crippen molar-refractivity contribution < 1.29 is 23.8 Å². The summed E-state index contributed by atoms with van der Waals surface area (Å²) < 4.78 is 18.6. The standard InChI is InChI=1S/C37H29N3O5/c41-36-27(22-38-37(42)43-23-24-12-2-1-3-13-24)34-25-14-4-8-18-30(25)44-32-20-10-6-16-28(32)39(34)35-26-15-5-9-19-31(26)45-33-21-11-7-17-29(33)40(35)36/h1-21,27,34-35H,22-23H2,(H,38,42). The van der Waals surface area contributed by atoms with Gasteiger partial charge >= 0.3 is 6.09 Å². The fourth-order valence-corrected chi connectivity index (χ4v) is 6.60. The molecule has 3 heterocycles. The van der Waals surface area contributed by atoms with Crippen molar-refractivity contribution in [1.82, 2.24) is 5.32 Å². The minimum atomic E-state index is -0.709. The van der Waals surface area contributed by atoms with E-state index in [2.05, 4.69) is 10.2 Å². The van der Waals surface area contributed by atoms with Gasteiger partial charge in [0, 0.05) is 17.7 Å². The van der Waals surface area contributed by atoms with E-state index in [0.29, 0.717) is 28.7 Å². The second-order valence-electron chi connectivity index (χ2n) is 11.2. The van der Waals surface area contributed by atoms with Crippen molar-refractivity contribution in [3.8, 4) is 23.0 Å². The van der Waals surface area contributed by atoms with E-state index in [9.17, 15) is 9.59 Å². The van der Waals surface area contributed by atoms with E-state index in [1.807, 2.05) is 132 Å². The summed E-state index contributed by atoms with van der Waals surface area (Å²) in [6, 6.07) is 40.0. The van der Waals surface area contributed by atoms with E-state index in [-0.39, 0.29) is 19.1 Å². The van der Waals surface area contributed by atoms with Crippen LogP contribution >= 0.6 is 0 Å². The minimum absolute atomic E-state index is 0.0397. The number of ether oxygens (including phenoxy) is 3. The third-order valence-electron chi connectivity index (χ3n) is 8.57. The Bertz CT molecular complexity index is 1910. The van der Waals surface area contributed by atoms with E-state index in [1.54, 1.807) is 0 Å². The lowest BCUT2D eigenvalue weighted by Gasteiger charge is -2.51. The monoisotopic (exact) mass is 595 g/mol. The lowest BCUT2D eigenvalue weighted by atomic mass is 9.84. The minimum Gasteiger partial charge on any atom is -0.455 e. The van der Waals surface area contributed by atoms with Crippen molar-refractivity contribution in [3.05, 3.63) is 144 Å². The van der Waals surface area contributed by atoms with Gasteiger partial charge in [0.2, 0.25) is 5.91 Å². The summed E-state index contributed by atoms with van der Waals surface area (Å²) in [4.78, 5) is 32.1. The van der Waals surface area contributed by atoms with Crippen LogP contribution in [0.2, 0.25) is 0 Å². The number of nitrogens with zero attached hydrogens (tertiary/aromatic N) is 2. The van der Waals surface area contributed by atoms with E-state index in [0.717, 1.165) is 22.4 Å². The van der Waals surface area contributed by atoms with Gasteiger partial charge in [-0.3, -0.25) is 9.69 Å². The highest BCUT2D eigenvalue weighted by Crippen LogP contribution is 2.57. The molecular weight excluding hydrogens is 566 g/mol. The van der Waals surface area contributed by atoms with E-state index >= 15 is 0 Å². The van der Waals surface area contributed by atoms with Gasteiger partial charge < -0.3 is 24.4 Å². The number of hydrogen-bond acceptors (Lipinski definition) is 6. The number of rotatable bonds is 4. The van der Waals surface area contributed by atoms with Gasteiger partial charge in [-0.15, -0.1) is 0 Å². The largest absolute Gasteiger partial charge is 0.455 e. The van der Waals surface area contributed by atoms with Crippen molar-refractivity contribution in [2.24, 2.45) is 5.92 Å². The Balaban J connectivity index is 1.27. The van der Waals surface area contributed by atoms with Crippen LogP contribution < -0.4 is 24.6 Å². The fourth-order valence-electron chi connectivity index (χ4n) is 6.60. The highest BCUT2D eigenvalue weighted by atomic mass is 16.5. The van der Waals surface area contributed by atoms with Crippen LogP contribution in [-0.4, -0.2) is 18.5 Å². The molecule has 222 valence electrons. The molecule has 8 heteroatoms. The Kier molecular flexibility index (Phi) is 6.60. The molecule has 1 N–H and O–H groups in total. The van der Waals surface area contributed by atoms with Gasteiger partial charge in [0.15, 0.2) is 11.5 Å². The number of benzene rings is 5. The van der Waals surface area contributed by atoms with Crippen LogP contribution in [0.25, 0.3) is 0 Å². The smallest absolute Gasteiger partial charge is 0.407 e. The molecule has 0 spiro atoms. The number of para-hydroxylation sites is 6. The quantitative estimate of drug-likeness (QED) is 0.229. The maximum atomic E-state index is 15.0. The molecule has 8 rings (SSSR count). The second-order valence-corrected chi connectivity index (χ2v) is 11.2. The number of anilines is 2. The first-order valence-electron chi connectivity index (χ1n) is 14.9. The molecule has 3 unspecified atom stereocenters. The van der Waals surface area contributed by atoms with Crippen LogP contribution in [0.15, 0.2) is 127 Å². The van der Waals surface area contributed by atoms with Crippen molar-refractivity contribution in [2.75, 3.05) is 16.3 Å². The molecule has 3 atom stereocenters. The number of amides is 2. The van der Waals surface area contributed by atoms with Crippen molar-refractivity contribution in [2.45, 2.75) is 18.8 Å². The molecule has 2 amide bonds. The first-order valence-corrected chi connectivity index (χ1v) is 14.9. The molecule has 0 saturated carbocycles. The molecular formula is C37H29N3O5. The van der Waals surface area contributed by atoms with Gasteiger partial charge in [-0.1, -0.05) is 91.0 Å². The highest BCUT2D eigenvalue weighted by molar-refractivity contribution is 6.01. The SMILES string of the molecule is O=C(NCC1C(=O)N2c3ccccc3Oc3ccccc3C2N2c3ccccc3Oc3ccccc3C12)OCc1ccccc1. The lowest BCUT2D eigenvalue weighted by molar-refractivity contribution is -0.125. The zero-order valence-electron chi connectivity index (χ0n) is 24.2. The van der Waals surface area contributed by atoms with Crippen molar-refractivity contribution >= 4 is 23.4 Å². The summed E-state index contributed by atoms with van der Waals surface area (Å²) in [5.41, 5.74) is 4.04. The van der Waals surface area contributed by atoms with E-state index < -0.39 is 24.2 Å². The molecule has 0 aliphatic carbocycles. The van der Waals surface area contributed by atoms with Crippen LogP contribution in [0.5, 0.6) is 23.0 Å². The van der Waals surface area contributed by atoms with Crippen LogP contribution in [-0.2, 0) is 16.1 Å².